The van der Waals surface area contributed by atoms with Crippen molar-refractivity contribution in [2.75, 3.05) is 13.7 Å². The van der Waals surface area contributed by atoms with Gasteiger partial charge in [-0.2, -0.15) is 0 Å². The number of likely N-dealkylation sites (tertiary alicyclic amines) is 1. The van der Waals surface area contributed by atoms with E-state index in [9.17, 15) is 14.4 Å². The second kappa shape index (κ2) is 9.54. The smallest absolute Gasteiger partial charge is 0.328 e. The van der Waals surface area contributed by atoms with Crippen LogP contribution in [0.2, 0.25) is 0 Å². The molecular weight excluding hydrogens is 424 g/mol. The third-order valence-electron chi connectivity index (χ3n) is 5.79. The van der Waals surface area contributed by atoms with Crippen LogP contribution in [0.25, 0.3) is 0 Å². The predicted molar refractivity (Wildman–Crippen MR) is 109 cm³/mol. The fraction of sp³-hybridized carbons (Fsp3) is 0.571. The summed E-state index contributed by atoms with van der Waals surface area (Å²) in [5, 5.41) is 2.98. The van der Waals surface area contributed by atoms with Crippen LogP contribution in [0.3, 0.4) is 0 Å². The lowest BCUT2D eigenvalue weighted by Crippen LogP contribution is -2.55. The molecule has 1 heterocycles. The molecule has 3 rings (SSSR count). The van der Waals surface area contributed by atoms with Crippen LogP contribution in [0.15, 0.2) is 28.7 Å². The first kappa shape index (κ1) is 20.8. The number of hydrogen-bond donors (Lipinski definition) is 1. The van der Waals surface area contributed by atoms with Gasteiger partial charge in [0.25, 0.3) is 5.91 Å². The summed E-state index contributed by atoms with van der Waals surface area (Å²) in [6, 6.07) is 5.92. The predicted octanol–water partition coefficient (Wildman–Crippen LogP) is 3.29. The fourth-order valence-corrected chi connectivity index (χ4v) is 4.53. The van der Waals surface area contributed by atoms with Gasteiger partial charge in [-0.25, -0.2) is 4.79 Å². The van der Waals surface area contributed by atoms with Crippen molar-refractivity contribution in [1.29, 1.82) is 0 Å². The van der Waals surface area contributed by atoms with Crippen LogP contribution < -0.4 is 5.32 Å². The Kier molecular flexibility index (Phi) is 7.10. The Balaban J connectivity index is 1.80. The number of hydrogen-bond acceptors (Lipinski definition) is 4. The summed E-state index contributed by atoms with van der Waals surface area (Å²) in [4.78, 5) is 39.9. The van der Waals surface area contributed by atoms with Crippen LogP contribution in [0.4, 0.5) is 0 Å². The average molecular weight is 451 g/mol. The maximum atomic E-state index is 13.4. The van der Waals surface area contributed by atoms with Crippen molar-refractivity contribution in [3.63, 3.8) is 0 Å². The zero-order valence-electron chi connectivity index (χ0n) is 16.2. The Morgan fingerprint density at radius 2 is 1.75 bits per heavy atom. The molecule has 152 valence electrons. The van der Waals surface area contributed by atoms with E-state index in [0.29, 0.717) is 18.5 Å². The van der Waals surface area contributed by atoms with Gasteiger partial charge in [0.05, 0.1) is 7.11 Å². The van der Waals surface area contributed by atoms with Gasteiger partial charge in [-0.1, -0.05) is 35.2 Å². The number of halogens is 1. The SMILES string of the molecule is COC(=O)[C@@H]1CCCN1C(=O)[C@@H](NC(=O)c1ccc(Br)cc1)C1CCCCC1. The Hall–Kier alpha value is -1.89. The molecule has 0 aromatic heterocycles. The van der Waals surface area contributed by atoms with Crippen LogP contribution >= 0.6 is 15.9 Å². The molecule has 0 radical (unpaired) electrons. The molecule has 2 amide bonds. The van der Waals surface area contributed by atoms with E-state index >= 15 is 0 Å². The summed E-state index contributed by atoms with van der Waals surface area (Å²) in [6.07, 6.45) is 6.47. The zero-order valence-corrected chi connectivity index (χ0v) is 17.7. The van der Waals surface area contributed by atoms with Crippen molar-refractivity contribution in [3.8, 4) is 0 Å². The van der Waals surface area contributed by atoms with Crippen LogP contribution in [-0.4, -0.2) is 48.4 Å². The summed E-state index contributed by atoms with van der Waals surface area (Å²) in [7, 11) is 1.34. The molecule has 0 spiro atoms. The largest absolute Gasteiger partial charge is 0.467 e. The number of esters is 1. The maximum absolute atomic E-state index is 13.4. The normalized spacial score (nSPS) is 21.2. The number of carbonyl (C=O) groups excluding carboxylic acids is 3. The number of ether oxygens (including phenoxy) is 1. The quantitative estimate of drug-likeness (QED) is 0.698. The Labute approximate surface area is 174 Å². The van der Waals surface area contributed by atoms with Crippen LogP contribution in [-0.2, 0) is 14.3 Å². The lowest BCUT2D eigenvalue weighted by atomic mass is 9.83. The van der Waals surface area contributed by atoms with Crippen molar-refractivity contribution < 1.29 is 19.1 Å². The molecule has 1 N–H and O–H groups in total. The molecule has 0 bridgehead atoms. The van der Waals surface area contributed by atoms with Crippen molar-refractivity contribution in [2.24, 2.45) is 5.92 Å². The third kappa shape index (κ3) is 4.74. The van der Waals surface area contributed by atoms with Gasteiger partial charge in [0.15, 0.2) is 0 Å². The fourth-order valence-electron chi connectivity index (χ4n) is 4.26. The zero-order chi connectivity index (χ0) is 20.1. The number of carbonyl (C=O) groups is 3. The molecule has 2 aliphatic rings. The minimum Gasteiger partial charge on any atom is -0.467 e. The highest BCUT2D eigenvalue weighted by Crippen LogP contribution is 2.29. The van der Waals surface area contributed by atoms with Crippen molar-refractivity contribution in [2.45, 2.75) is 57.0 Å². The Morgan fingerprint density at radius 3 is 2.39 bits per heavy atom. The van der Waals surface area contributed by atoms with Crippen LogP contribution in [0.1, 0.15) is 55.3 Å². The summed E-state index contributed by atoms with van der Waals surface area (Å²) >= 11 is 3.37. The molecule has 7 heteroatoms. The lowest BCUT2D eigenvalue weighted by Gasteiger charge is -2.34. The van der Waals surface area contributed by atoms with E-state index < -0.39 is 12.1 Å². The standard InChI is InChI=1S/C21H27BrN2O4/c1-28-21(27)17-8-5-13-24(17)20(26)18(14-6-3-2-4-7-14)23-19(25)15-9-11-16(22)12-10-15/h9-12,14,17-18H,2-8,13H2,1H3,(H,23,25)/t17-,18-/m0/s1. The lowest BCUT2D eigenvalue weighted by molar-refractivity contribution is -0.152. The minimum atomic E-state index is -0.610. The van der Waals surface area contributed by atoms with E-state index in [2.05, 4.69) is 21.2 Å². The molecule has 6 nitrogen and oxygen atoms in total. The van der Waals surface area contributed by atoms with Gasteiger partial charge in [-0.15, -0.1) is 0 Å². The highest BCUT2D eigenvalue weighted by molar-refractivity contribution is 9.10. The first-order valence-electron chi connectivity index (χ1n) is 9.96. The first-order valence-corrected chi connectivity index (χ1v) is 10.8. The molecule has 2 atom stereocenters. The van der Waals surface area contributed by atoms with Gasteiger partial charge < -0.3 is 15.0 Å². The van der Waals surface area contributed by atoms with Crippen molar-refractivity contribution in [3.05, 3.63) is 34.3 Å². The summed E-state index contributed by atoms with van der Waals surface area (Å²) in [6.45, 7) is 0.524. The number of nitrogens with one attached hydrogen (secondary N) is 1. The molecule has 1 saturated heterocycles. The number of nitrogens with zero attached hydrogens (tertiary/aromatic N) is 1. The van der Waals surface area contributed by atoms with E-state index in [1.54, 1.807) is 29.2 Å². The molecular formula is C21H27BrN2O4. The van der Waals surface area contributed by atoms with Crippen LogP contribution in [0, 0.1) is 5.92 Å². The van der Waals surface area contributed by atoms with Crippen molar-refractivity contribution >= 4 is 33.7 Å². The second-order valence-electron chi connectivity index (χ2n) is 7.57. The van der Waals surface area contributed by atoms with Gasteiger partial charge in [0.1, 0.15) is 12.1 Å². The molecule has 1 aromatic rings. The second-order valence-corrected chi connectivity index (χ2v) is 8.48. The van der Waals surface area contributed by atoms with E-state index in [1.165, 1.54) is 7.11 Å². The molecule has 1 aliphatic carbocycles. The topological polar surface area (TPSA) is 75.7 Å². The van der Waals surface area contributed by atoms with Crippen LogP contribution in [0.5, 0.6) is 0 Å². The summed E-state index contributed by atoms with van der Waals surface area (Å²) in [5.41, 5.74) is 0.516. The highest BCUT2D eigenvalue weighted by Gasteiger charge is 2.41. The minimum absolute atomic E-state index is 0.0968. The summed E-state index contributed by atoms with van der Waals surface area (Å²) < 4.78 is 5.77. The molecule has 2 fully saturated rings. The Morgan fingerprint density at radius 1 is 1.07 bits per heavy atom. The number of rotatable bonds is 5. The average Bonchev–Trinajstić information content (AvgIpc) is 3.22. The third-order valence-corrected chi connectivity index (χ3v) is 6.32. The number of amides is 2. The van der Waals surface area contributed by atoms with Gasteiger partial charge in [-0.3, -0.25) is 9.59 Å². The highest BCUT2D eigenvalue weighted by atomic mass is 79.9. The van der Waals surface area contributed by atoms with E-state index in [1.807, 2.05) is 0 Å². The molecule has 1 saturated carbocycles. The van der Waals surface area contributed by atoms with Gasteiger partial charge in [0.2, 0.25) is 5.91 Å². The maximum Gasteiger partial charge on any atom is 0.328 e. The van der Waals surface area contributed by atoms with E-state index in [4.69, 9.17) is 4.74 Å². The van der Waals surface area contributed by atoms with Gasteiger partial charge in [0, 0.05) is 16.6 Å². The first-order chi connectivity index (χ1) is 13.5. The molecule has 1 aromatic carbocycles. The number of methoxy groups -OCH3 is 1. The van der Waals surface area contributed by atoms with Gasteiger partial charge in [-0.05, 0) is 55.9 Å². The molecule has 0 unspecified atom stereocenters. The summed E-state index contributed by atoms with van der Waals surface area (Å²) in [5.74, 6) is -0.706. The van der Waals surface area contributed by atoms with E-state index in [0.717, 1.165) is 43.0 Å². The monoisotopic (exact) mass is 450 g/mol. The van der Waals surface area contributed by atoms with Crippen molar-refractivity contribution in [1.82, 2.24) is 10.2 Å². The number of benzene rings is 1. The molecule has 1 aliphatic heterocycles. The van der Waals surface area contributed by atoms with E-state index in [-0.39, 0.29) is 23.7 Å². The molecule has 28 heavy (non-hydrogen) atoms. The Bertz CT molecular complexity index is 716. The van der Waals surface area contributed by atoms with Gasteiger partial charge >= 0.3 is 5.97 Å².